The summed E-state index contributed by atoms with van der Waals surface area (Å²) in [5.74, 6) is -0.589. The molecule has 2 aromatic heterocycles. The van der Waals surface area contributed by atoms with Crippen LogP contribution in [0.3, 0.4) is 0 Å². The summed E-state index contributed by atoms with van der Waals surface area (Å²) in [6.07, 6.45) is 3.63. The molecule has 0 bridgehead atoms. The van der Waals surface area contributed by atoms with Crippen LogP contribution in [-0.4, -0.2) is 67.9 Å². The Morgan fingerprint density at radius 1 is 1.21 bits per heavy atom. The topological polar surface area (TPSA) is 193 Å². The lowest BCUT2D eigenvalue weighted by atomic mass is 10.2. The summed E-state index contributed by atoms with van der Waals surface area (Å²) in [4.78, 5) is 26.0. The quantitative estimate of drug-likeness (QED) is 0.279. The fraction of sp³-hybridized carbons (Fsp3) is 0.316. The van der Waals surface area contributed by atoms with Gasteiger partial charge >= 0.3 is 0 Å². The third-order valence-electron chi connectivity index (χ3n) is 4.86. The number of nitrogen functional groups attached to an aromatic ring is 1. The number of hydrogen-bond donors (Lipinski definition) is 3. The van der Waals surface area contributed by atoms with E-state index in [1.807, 2.05) is 0 Å². The van der Waals surface area contributed by atoms with Gasteiger partial charge in [0.2, 0.25) is 11.6 Å². The van der Waals surface area contributed by atoms with Crippen molar-refractivity contribution in [3.05, 3.63) is 41.2 Å². The molecule has 0 atom stereocenters. The van der Waals surface area contributed by atoms with Crippen molar-refractivity contribution in [3.63, 3.8) is 0 Å². The van der Waals surface area contributed by atoms with Crippen LogP contribution in [-0.2, 0) is 11.3 Å². The fourth-order valence-corrected chi connectivity index (χ4v) is 3.31. The average molecular weight is 454 g/mol. The normalized spacial score (nSPS) is 14.1. The first-order chi connectivity index (χ1) is 16.0. The van der Waals surface area contributed by atoms with Gasteiger partial charge in [-0.1, -0.05) is 5.21 Å². The molecule has 1 fully saturated rings. The maximum absolute atomic E-state index is 13.0. The predicted octanol–water partition coefficient (Wildman–Crippen LogP) is -0.544. The van der Waals surface area contributed by atoms with E-state index in [1.54, 1.807) is 24.3 Å². The van der Waals surface area contributed by atoms with E-state index in [9.17, 15) is 9.59 Å². The zero-order valence-corrected chi connectivity index (χ0v) is 17.5. The molecule has 2 amide bonds. The number of primary amides is 1. The molecule has 0 radical (unpaired) electrons. The van der Waals surface area contributed by atoms with E-state index in [1.165, 1.54) is 10.9 Å². The van der Waals surface area contributed by atoms with E-state index < -0.39 is 11.8 Å². The number of ether oxygens (including phenoxy) is 1. The van der Waals surface area contributed by atoms with Crippen molar-refractivity contribution < 1.29 is 19.0 Å². The molecule has 14 heteroatoms. The molecule has 14 nitrogen and oxygen atoms in total. The lowest BCUT2D eigenvalue weighted by Crippen LogP contribution is -2.26. The van der Waals surface area contributed by atoms with Gasteiger partial charge in [0.15, 0.2) is 12.3 Å². The molecule has 4 rings (SSSR count). The number of hydrazone groups is 1. The van der Waals surface area contributed by atoms with Crippen molar-refractivity contribution in [2.24, 2.45) is 10.8 Å². The molecule has 3 heterocycles. The number of rotatable bonds is 9. The highest BCUT2D eigenvalue weighted by molar-refractivity contribution is 5.95. The number of nitrogens with two attached hydrogens (primary N) is 2. The van der Waals surface area contributed by atoms with Gasteiger partial charge in [-0.25, -0.2) is 10.1 Å². The maximum Gasteiger partial charge on any atom is 0.292 e. The summed E-state index contributed by atoms with van der Waals surface area (Å²) in [5, 5.41) is 19.4. The van der Waals surface area contributed by atoms with Gasteiger partial charge in [0, 0.05) is 6.54 Å². The van der Waals surface area contributed by atoms with Crippen LogP contribution >= 0.6 is 0 Å². The Morgan fingerprint density at radius 3 is 2.64 bits per heavy atom. The molecule has 1 aromatic carbocycles. The highest BCUT2D eigenvalue weighted by atomic mass is 16.6. The third-order valence-corrected chi connectivity index (χ3v) is 4.86. The van der Waals surface area contributed by atoms with Crippen LogP contribution < -0.4 is 21.6 Å². The first-order valence-corrected chi connectivity index (χ1v) is 10.1. The van der Waals surface area contributed by atoms with Crippen LogP contribution in [0.15, 0.2) is 34.0 Å². The zero-order valence-electron chi connectivity index (χ0n) is 17.5. The number of anilines is 1. The summed E-state index contributed by atoms with van der Waals surface area (Å²) >= 11 is 0. The minimum Gasteiger partial charge on any atom is -0.484 e. The molecule has 0 saturated carbocycles. The molecule has 0 unspecified atom stereocenters. The SMILES string of the molecule is NC(=O)COc1ccc(/C=N/NC(=O)c2c(CN3CCCC3)nnn2-c2nonc2N)cc1. The number of benzene rings is 1. The highest BCUT2D eigenvalue weighted by Gasteiger charge is 2.26. The van der Waals surface area contributed by atoms with E-state index in [4.69, 9.17) is 16.2 Å². The van der Waals surface area contributed by atoms with E-state index in [-0.39, 0.29) is 23.9 Å². The van der Waals surface area contributed by atoms with Gasteiger partial charge in [0.1, 0.15) is 11.4 Å². The Hall–Kier alpha value is -4.33. The van der Waals surface area contributed by atoms with Crippen molar-refractivity contribution in [3.8, 4) is 11.6 Å². The molecular weight excluding hydrogens is 432 g/mol. The van der Waals surface area contributed by atoms with Gasteiger partial charge in [-0.15, -0.1) is 5.10 Å². The van der Waals surface area contributed by atoms with E-state index in [2.05, 4.69) is 40.7 Å². The van der Waals surface area contributed by atoms with Crippen LogP contribution in [0.25, 0.3) is 5.82 Å². The van der Waals surface area contributed by atoms with Crippen LogP contribution in [0.5, 0.6) is 5.75 Å². The summed E-state index contributed by atoms with van der Waals surface area (Å²) < 4.78 is 11.0. The second-order valence-corrected chi connectivity index (χ2v) is 7.28. The number of aromatic nitrogens is 5. The minimum absolute atomic E-state index is 0.0242. The third kappa shape index (κ3) is 5.30. The Morgan fingerprint density at radius 2 is 1.97 bits per heavy atom. The number of carbonyl (C=O) groups excluding carboxylic acids is 2. The fourth-order valence-electron chi connectivity index (χ4n) is 3.31. The number of hydrogen-bond acceptors (Lipinski definition) is 11. The summed E-state index contributed by atoms with van der Waals surface area (Å²) in [5.41, 5.74) is 14.6. The van der Waals surface area contributed by atoms with Crippen molar-refractivity contribution >= 4 is 23.8 Å². The molecule has 0 spiro atoms. The number of carbonyl (C=O) groups is 2. The molecular formula is C19H22N10O4. The lowest BCUT2D eigenvalue weighted by Gasteiger charge is -2.13. The predicted molar refractivity (Wildman–Crippen MR) is 114 cm³/mol. The standard InChI is InChI=1S/C19H22N10O4/c20-15(30)11-32-13-5-3-12(4-6-13)9-22-24-19(31)16-14(10-28-7-1-2-8-28)23-27-29(16)18-17(21)25-33-26-18/h3-6,9H,1-2,7-8,10-11H2,(H2,20,30)(H2,21,25)(H,24,31)/b22-9+. The second kappa shape index (κ2) is 9.86. The molecule has 1 aliphatic heterocycles. The van der Waals surface area contributed by atoms with Crippen LogP contribution in [0.2, 0.25) is 0 Å². The summed E-state index contributed by atoms with van der Waals surface area (Å²) in [6.45, 7) is 2.07. The van der Waals surface area contributed by atoms with Crippen molar-refractivity contribution in [2.45, 2.75) is 19.4 Å². The van der Waals surface area contributed by atoms with Gasteiger partial charge in [-0.2, -0.15) is 9.78 Å². The molecule has 1 aliphatic rings. The second-order valence-electron chi connectivity index (χ2n) is 7.28. The van der Waals surface area contributed by atoms with Crippen molar-refractivity contribution in [1.29, 1.82) is 0 Å². The molecule has 33 heavy (non-hydrogen) atoms. The Labute approximate surface area is 187 Å². The number of amides is 2. The average Bonchev–Trinajstić information content (AvgIpc) is 3.55. The van der Waals surface area contributed by atoms with Gasteiger partial charge in [-0.3, -0.25) is 14.5 Å². The van der Waals surface area contributed by atoms with Crippen LogP contribution in [0.4, 0.5) is 5.82 Å². The molecule has 0 aliphatic carbocycles. The highest BCUT2D eigenvalue weighted by Crippen LogP contribution is 2.19. The largest absolute Gasteiger partial charge is 0.484 e. The monoisotopic (exact) mass is 454 g/mol. The molecule has 5 N–H and O–H groups in total. The Kier molecular flexibility index (Phi) is 6.54. The molecule has 1 saturated heterocycles. The van der Waals surface area contributed by atoms with Crippen LogP contribution in [0, 0.1) is 0 Å². The first-order valence-electron chi connectivity index (χ1n) is 10.1. The number of likely N-dealkylation sites (tertiary alicyclic amines) is 1. The van der Waals surface area contributed by atoms with E-state index in [0.717, 1.165) is 25.9 Å². The molecule has 172 valence electrons. The van der Waals surface area contributed by atoms with E-state index in [0.29, 0.717) is 23.6 Å². The van der Waals surface area contributed by atoms with Gasteiger partial charge in [-0.05, 0) is 66.1 Å². The Bertz CT molecular complexity index is 1150. The van der Waals surface area contributed by atoms with Gasteiger partial charge in [0.05, 0.1) is 6.21 Å². The number of nitrogens with zero attached hydrogens (tertiary/aromatic N) is 7. The lowest BCUT2D eigenvalue weighted by molar-refractivity contribution is -0.119. The van der Waals surface area contributed by atoms with Crippen LogP contribution in [0.1, 0.15) is 34.6 Å². The van der Waals surface area contributed by atoms with Crippen molar-refractivity contribution in [2.75, 3.05) is 25.4 Å². The van der Waals surface area contributed by atoms with Gasteiger partial charge in [0.25, 0.3) is 11.8 Å². The van der Waals surface area contributed by atoms with Crippen molar-refractivity contribution in [1.82, 2.24) is 35.6 Å². The zero-order chi connectivity index (χ0) is 23.2. The first kappa shape index (κ1) is 21.9. The van der Waals surface area contributed by atoms with Gasteiger partial charge < -0.3 is 16.2 Å². The molecule has 3 aromatic rings. The minimum atomic E-state index is -0.565. The Balaban J connectivity index is 1.49. The summed E-state index contributed by atoms with van der Waals surface area (Å²) in [7, 11) is 0. The number of nitrogens with one attached hydrogen (secondary N) is 1. The smallest absolute Gasteiger partial charge is 0.292 e. The van der Waals surface area contributed by atoms with E-state index >= 15 is 0 Å². The summed E-state index contributed by atoms with van der Waals surface area (Å²) in [6, 6.07) is 6.72. The maximum atomic E-state index is 13.0.